The highest BCUT2D eigenvalue weighted by atomic mass is 79.9. The van der Waals surface area contributed by atoms with Crippen molar-refractivity contribution in [3.05, 3.63) is 98.8 Å². The molecule has 1 aromatic heterocycles. The molecule has 1 heterocycles. The van der Waals surface area contributed by atoms with E-state index in [1.807, 2.05) is 18.2 Å². The molecule has 2 N–H and O–H groups in total. The molecular weight excluding hydrogens is 486 g/mol. The molecule has 0 radical (unpaired) electrons. The fourth-order valence-electron chi connectivity index (χ4n) is 2.38. The highest BCUT2D eigenvalue weighted by Crippen LogP contribution is 2.17. The quantitative estimate of drug-likeness (QED) is 0.483. The van der Waals surface area contributed by atoms with Crippen LogP contribution in [0.4, 0.5) is 5.69 Å². The van der Waals surface area contributed by atoms with Crippen LogP contribution in [0.15, 0.2) is 87.7 Å². The Labute approximate surface area is 179 Å². The van der Waals surface area contributed by atoms with Crippen molar-refractivity contribution >= 4 is 55.4 Å². The highest BCUT2D eigenvalue weighted by molar-refractivity contribution is 9.10. The fourth-order valence-corrected chi connectivity index (χ4v) is 3.17. The molecular formula is C21H15Br2N3O2. The summed E-state index contributed by atoms with van der Waals surface area (Å²) < 4.78 is 1.61. The van der Waals surface area contributed by atoms with Crippen molar-refractivity contribution in [1.82, 2.24) is 10.3 Å². The summed E-state index contributed by atoms with van der Waals surface area (Å²) in [5, 5.41) is 5.48. The number of nitrogens with one attached hydrogen (secondary N) is 2. The van der Waals surface area contributed by atoms with Crippen LogP contribution in [0.25, 0.3) is 6.08 Å². The molecule has 140 valence electrons. The van der Waals surface area contributed by atoms with E-state index in [1.165, 1.54) is 0 Å². The third-order valence-electron chi connectivity index (χ3n) is 3.66. The number of carbonyl (C=O) groups is 2. The first kappa shape index (κ1) is 20.0. The minimum Gasteiger partial charge on any atom is -0.321 e. The van der Waals surface area contributed by atoms with E-state index in [1.54, 1.807) is 60.9 Å². The molecule has 3 aromatic rings. The first-order valence-electron chi connectivity index (χ1n) is 8.27. The molecule has 5 nitrogen and oxygen atoms in total. The number of halogens is 2. The number of hydrogen-bond donors (Lipinski definition) is 2. The van der Waals surface area contributed by atoms with Gasteiger partial charge in [-0.2, -0.15) is 0 Å². The van der Waals surface area contributed by atoms with Gasteiger partial charge in [-0.3, -0.25) is 14.6 Å². The zero-order valence-electron chi connectivity index (χ0n) is 14.5. The van der Waals surface area contributed by atoms with Crippen LogP contribution in [0.2, 0.25) is 0 Å². The largest absolute Gasteiger partial charge is 0.321 e. The lowest BCUT2D eigenvalue weighted by Gasteiger charge is -2.12. The van der Waals surface area contributed by atoms with E-state index in [9.17, 15) is 9.59 Å². The van der Waals surface area contributed by atoms with Crippen LogP contribution >= 0.6 is 31.9 Å². The van der Waals surface area contributed by atoms with Crippen molar-refractivity contribution in [2.45, 2.75) is 0 Å². The number of benzene rings is 2. The van der Waals surface area contributed by atoms with E-state index in [2.05, 4.69) is 47.5 Å². The Morgan fingerprint density at radius 3 is 2.36 bits per heavy atom. The Bertz CT molecular complexity index is 1040. The van der Waals surface area contributed by atoms with Crippen molar-refractivity contribution in [3.63, 3.8) is 0 Å². The summed E-state index contributed by atoms with van der Waals surface area (Å²) in [6, 6.07) is 17.7. The van der Waals surface area contributed by atoms with Crippen LogP contribution in [0.5, 0.6) is 0 Å². The standard InChI is InChI=1S/C21H15Br2N3O2/c22-16-6-1-5-15(11-16)20(27)26-19(10-14-4-3-9-24-13-14)21(28)25-18-8-2-7-17(23)12-18/h1-13H,(H,25,28)(H,26,27). The molecule has 0 aliphatic heterocycles. The first-order chi connectivity index (χ1) is 13.5. The molecule has 3 rings (SSSR count). The summed E-state index contributed by atoms with van der Waals surface area (Å²) in [5.74, 6) is -0.828. The van der Waals surface area contributed by atoms with Crippen LogP contribution in [0.3, 0.4) is 0 Å². The molecule has 0 saturated heterocycles. The van der Waals surface area contributed by atoms with E-state index in [-0.39, 0.29) is 11.6 Å². The second kappa shape index (κ2) is 9.43. The van der Waals surface area contributed by atoms with Crippen molar-refractivity contribution in [3.8, 4) is 0 Å². The summed E-state index contributed by atoms with van der Waals surface area (Å²) in [5.41, 5.74) is 1.84. The smallest absolute Gasteiger partial charge is 0.272 e. The Balaban J connectivity index is 1.87. The molecule has 0 fully saturated rings. The van der Waals surface area contributed by atoms with E-state index >= 15 is 0 Å². The topological polar surface area (TPSA) is 71.1 Å². The van der Waals surface area contributed by atoms with Gasteiger partial charge in [-0.25, -0.2) is 0 Å². The van der Waals surface area contributed by atoms with Crippen LogP contribution < -0.4 is 10.6 Å². The van der Waals surface area contributed by atoms with Crippen LogP contribution in [0, 0.1) is 0 Å². The van der Waals surface area contributed by atoms with Gasteiger partial charge >= 0.3 is 0 Å². The average Bonchev–Trinajstić information content (AvgIpc) is 2.68. The molecule has 0 bridgehead atoms. The monoisotopic (exact) mass is 499 g/mol. The summed E-state index contributed by atoms with van der Waals surface area (Å²) in [6.45, 7) is 0. The molecule has 2 amide bonds. The fraction of sp³-hybridized carbons (Fsp3) is 0. The molecule has 7 heteroatoms. The number of hydrogen-bond acceptors (Lipinski definition) is 3. The summed E-state index contributed by atoms with van der Waals surface area (Å²) in [7, 11) is 0. The third kappa shape index (κ3) is 5.61. The first-order valence-corrected chi connectivity index (χ1v) is 9.85. The predicted octanol–water partition coefficient (Wildman–Crippen LogP) is 5.02. The van der Waals surface area contributed by atoms with Crippen molar-refractivity contribution in [2.24, 2.45) is 0 Å². The number of nitrogens with zero attached hydrogens (tertiary/aromatic N) is 1. The zero-order valence-corrected chi connectivity index (χ0v) is 17.7. The van der Waals surface area contributed by atoms with Gasteiger partial charge in [0.2, 0.25) is 0 Å². The number of carbonyl (C=O) groups excluding carboxylic acids is 2. The number of amides is 2. The molecule has 0 atom stereocenters. The normalized spacial score (nSPS) is 11.0. The third-order valence-corrected chi connectivity index (χ3v) is 4.64. The number of pyridine rings is 1. The van der Waals surface area contributed by atoms with Crippen LogP contribution in [-0.2, 0) is 4.79 Å². The second-order valence-corrected chi connectivity index (χ2v) is 7.60. The Kier molecular flexibility index (Phi) is 6.73. The Morgan fingerprint density at radius 2 is 1.68 bits per heavy atom. The summed E-state index contributed by atoms with van der Waals surface area (Å²) in [4.78, 5) is 29.5. The molecule has 0 aliphatic carbocycles. The van der Waals surface area contributed by atoms with E-state index < -0.39 is 5.91 Å². The molecule has 0 aliphatic rings. The van der Waals surface area contributed by atoms with Gasteiger partial charge in [-0.05, 0) is 54.1 Å². The molecule has 0 spiro atoms. The van der Waals surface area contributed by atoms with Gasteiger partial charge < -0.3 is 10.6 Å². The SMILES string of the molecule is O=C(Nc1cccc(Br)c1)C(=Cc1cccnc1)NC(=O)c1cccc(Br)c1. The molecule has 28 heavy (non-hydrogen) atoms. The van der Waals surface area contributed by atoms with Gasteiger partial charge in [-0.1, -0.05) is 50.1 Å². The van der Waals surface area contributed by atoms with Crippen molar-refractivity contribution in [1.29, 1.82) is 0 Å². The lowest BCUT2D eigenvalue weighted by molar-refractivity contribution is -0.113. The zero-order chi connectivity index (χ0) is 19.9. The maximum atomic E-state index is 12.8. The predicted molar refractivity (Wildman–Crippen MR) is 117 cm³/mol. The van der Waals surface area contributed by atoms with Gasteiger partial charge in [-0.15, -0.1) is 0 Å². The van der Waals surface area contributed by atoms with Gasteiger partial charge in [0.15, 0.2) is 0 Å². The maximum absolute atomic E-state index is 12.8. The minimum absolute atomic E-state index is 0.109. The molecule has 0 unspecified atom stereocenters. The van der Waals surface area contributed by atoms with Crippen molar-refractivity contribution < 1.29 is 9.59 Å². The lowest BCUT2D eigenvalue weighted by atomic mass is 10.2. The van der Waals surface area contributed by atoms with Crippen LogP contribution in [-0.4, -0.2) is 16.8 Å². The van der Waals surface area contributed by atoms with E-state index in [0.29, 0.717) is 16.8 Å². The summed E-state index contributed by atoms with van der Waals surface area (Å²) in [6.07, 6.45) is 4.83. The van der Waals surface area contributed by atoms with E-state index in [0.717, 1.165) is 8.95 Å². The highest BCUT2D eigenvalue weighted by Gasteiger charge is 2.15. The lowest BCUT2D eigenvalue weighted by Crippen LogP contribution is -2.30. The van der Waals surface area contributed by atoms with Crippen LogP contribution in [0.1, 0.15) is 15.9 Å². The Morgan fingerprint density at radius 1 is 0.929 bits per heavy atom. The number of rotatable bonds is 5. The number of aromatic nitrogens is 1. The Hall–Kier alpha value is -2.77. The summed E-state index contributed by atoms with van der Waals surface area (Å²) >= 11 is 6.72. The van der Waals surface area contributed by atoms with E-state index in [4.69, 9.17) is 0 Å². The van der Waals surface area contributed by atoms with Gasteiger partial charge in [0.05, 0.1) is 0 Å². The van der Waals surface area contributed by atoms with Gasteiger partial charge in [0, 0.05) is 32.6 Å². The van der Waals surface area contributed by atoms with Gasteiger partial charge in [0.1, 0.15) is 5.70 Å². The average molecular weight is 501 g/mol. The second-order valence-electron chi connectivity index (χ2n) is 5.77. The molecule has 2 aromatic carbocycles. The van der Waals surface area contributed by atoms with Crippen molar-refractivity contribution in [2.75, 3.05) is 5.32 Å². The number of anilines is 1. The van der Waals surface area contributed by atoms with Gasteiger partial charge in [0.25, 0.3) is 11.8 Å². The maximum Gasteiger partial charge on any atom is 0.272 e. The molecule has 0 saturated carbocycles. The minimum atomic E-state index is -0.440.